The van der Waals surface area contributed by atoms with Crippen LogP contribution >= 0.6 is 11.8 Å². The van der Waals surface area contributed by atoms with Gasteiger partial charge in [0.15, 0.2) is 0 Å². The van der Waals surface area contributed by atoms with E-state index in [2.05, 4.69) is 0 Å². The maximum atomic E-state index is 10.4. The topological polar surface area (TPSA) is 26.3 Å². The molecule has 0 N–H and O–H groups in total. The van der Waals surface area contributed by atoms with Crippen molar-refractivity contribution in [2.45, 2.75) is 16.6 Å². The molecule has 2 nitrogen and oxygen atoms in total. The normalized spacial score (nSPS) is 21.0. The molecule has 0 radical (unpaired) electrons. The van der Waals surface area contributed by atoms with Crippen LogP contribution in [0.3, 0.4) is 0 Å². The van der Waals surface area contributed by atoms with Gasteiger partial charge in [-0.15, -0.1) is 11.8 Å². The average molecular weight is 208 g/mol. The first kappa shape index (κ1) is 9.74. The molecule has 0 saturated carbocycles. The molecule has 1 atom stereocenters. The second-order valence-corrected chi connectivity index (χ2v) is 4.66. The summed E-state index contributed by atoms with van der Waals surface area (Å²) in [5, 5.41) is 0.581. The molecule has 0 amide bonds. The molecule has 1 heterocycles. The number of hydrogen-bond donors (Lipinski definition) is 0. The molecule has 0 aliphatic carbocycles. The van der Waals surface area contributed by atoms with E-state index in [0.717, 1.165) is 31.5 Å². The van der Waals surface area contributed by atoms with E-state index in [0.29, 0.717) is 5.25 Å². The number of ether oxygens (including phenoxy) is 1. The van der Waals surface area contributed by atoms with E-state index in [1.54, 1.807) is 0 Å². The Kier molecular flexibility index (Phi) is 3.22. The Hall–Kier alpha value is -0.800. The highest BCUT2D eigenvalue weighted by Gasteiger charge is 2.16. The average Bonchev–Trinajstić information content (AvgIpc) is 2.72. The van der Waals surface area contributed by atoms with Gasteiger partial charge in [-0.1, -0.05) is 12.1 Å². The number of aldehydes is 1. The fraction of sp³-hybridized carbons (Fsp3) is 0.364. The first-order valence-corrected chi connectivity index (χ1v) is 5.56. The summed E-state index contributed by atoms with van der Waals surface area (Å²) >= 11 is 1.83. The van der Waals surface area contributed by atoms with E-state index in [-0.39, 0.29) is 0 Å². The molecule has 1 unspecified atom stereocenters. The maximum absolute atomic E-state index is 10.4. The van der Waals surface area contributed by atoms with E-state index in [4.69, 9.17) is 4.74 Å². The zero-order valence-electron chi connectivity index (χ0n) is 7.81. The highest BCUT2D eigenvalue weighted by Crippen LogP contribution is 2.28. The molecule has 1 aliphatic heterocycles. The van der Waals surface area contributed by atoms with Crippen LogP contribution in [0.5, 0.6) is 0 Å². The van der Waals surface area contributed by atoms with Crippen LogP contribution in [0.2, 0.25) is 0 Å². The van der Waals surface area contributed by atoms with Crippen molar-refractivity contribution in [3.63, 3.8) is 0 Å². The second kappa shape index (κ2) is 4.62. The van der Waals surface area contributed by atoms with Gasteiger partial charge < -0.3 is 4.74 Å². The predicted molar refractivity (Wildman–Crippen MR) is 56.9 cm³/mol. The summed E-state index contributed by atoms with van der Waals surface area (Å²) in [6.45, 7) is 1.73. The molecular weight excluding hydrogens is 196 g/mol. The molecule has 3 heteroatoms. The van der Waals surface area contributed by atoms with Crippen molar-refractivity contribution in [1.82, 2.24) is 0 Å². The third-order valence-corrected chi connectivity index (χ3v) is 3.46. The van der Waals surface area contributed by atoms with Gasteiger partial charge in [-0.25, -0.2) is 0 Å². The van der Waals surface area contributed by atoms with Crippen LogP contribution in [0, 0.1) is 0 Å². The molecule has 0 aromatic heterocycles. The minimum atomic E-state index is 0.581. The Bertz CT molecular complexity index is 302. The van der Waals surface area contributed by atoms with E-state index < -0.39 is 0 Å². The van der Waals surface area contributed by atoms with Gasteiger partial charge >= 0.3 is 0 Å². The third kappa shape index (κ3) is 2.36. The molecule has 0 spiro atoms. The van der Waals surface area contributed by atoms with Crippen molar-refractivity contribution < 1.29 is 9.53 Å². The zero-order valence-corrected chi connectivity index (χ0v) is 8.63. The molecule has 1 aromatic carbocycles. The van der Waals surface area contributed by atoms with Crippen molar-refractivity contribution in [3.8, 4) is 0 Å². The second-order valence-electron chi connectivity index (χ2n) is 3.29. The molecular formula is C11H12O2S. The highest BCUT2D eigenvalue weighted by molar-refractivity contribution is 8.00. The summed E-state index contributed by atoms with van der Waals surface area (Å²) < 4.78 is 5.30. The number of benzene rings is 1. The van der Waals surface area contributed by atoms with Gasteiger partial charge in [0.05, 0.1) is 6.61 Å². The van der Waals surface area contributed by atoms with Crippen molar-refractivity contribution in [2.24, 2.45) is 0 Å². The maximum Gasteiger partial charge on any atom is 0.150 e. The number of carbonyl (C=O) groups is 1. The fourth-order valence-corrected chi connectivity index (χ4v) is 2.48. The van der Waals surface area contributed by atoms with Gasteiger partial charge in [0.25, 0.3) is 0 Å². The van der Waals surface area contributed by atoms with Gasteiger partial charge in [0.1, 0.15) is 6.29 Å². The highest BCUT2D eigenvalue weighted by atomic mass is 32.2. The summed E-state index contributed by atoms with van der Waals surface area (Å²) in [5.41, 5.74) is 0.733. The van der Waals surface area contributed by atoms with Crippen LogP contribution in [0.4, 0.5) is 0 Å². The van der Waals surface area contributed by atoms with Crippen LogP contribution in [0.1, 0.15) is 16.8 Å². The number of hydrogen-bond acceptors (Lipinski definition) is 3. The van der Waals surface area contributed by atoms with E-state index in [1.165, 1.54) is 4.90 Å². The van der Waals surface area contributed by atoms with Crippen LogP contribution in [0.25, 0.3) is 0 Å². The Morgan fingerprint density at radius 3 is 2.71 bits per heavy atom. The summed E-state index contributed by atoms with van der Waals surface area (Å²) in [4.78, 5) is 11.6. The quantitative estimate of drug-likeness (QED) is 0.713. The first-order valence-electron chi connectivity index (χ1n) is 4.68. The van der Waals surface area contributed by atoms with E-state index in [9.17, 15) is 4.79 Å². The molecule has 2 rings (SSSR count). The van der Waals surface area contributed by atoms with Gasteiger partial charge in [0, 0.05) is 22.3 Å². The Balaban J connectivity index is 1.98. The monoisotopic (exact) mass is 208 g/mol. The summed E-state index contributed by atoms with van der Waals surface area (Å²) in [6.07, 6.45) is 1.99. The third-order valence-electron chi connectivity index (χ3n) is 2.21. The smallest absolute Gasteiger partial charge is 0.150 e. The van der Waals surface area contributed by atoms with E-state index >= 15 is 0 Å². The van der Waals surface area contributed by atoms with Gasteiger partial charge in [-0.3, -0.25) is 4.79 Å². The molecule has 1 aliphatic rings. The van der Waals surface area contributed by atoms with Gasteiger partial charge in [-0.05, 0) is 18.6 Å². The Morgan fingerprint density at radius 1 is 1.36 bits per heavy atom. The van der Waals surface area contributed by atoms with Crippen LogP contribution < -0.4 is 0 Å². The SMILES string of the molecule is O=Cc1ccc(SC2CCOC2)cc1. The zero-order chi connectivity index (χ0) is 9.80. The minimum absolute atomic E-state index is 0.581. The number of carbonyl (C=O) groups excluding carboxylic acids is 1. The number of rotatable bonds is 3. The van der Waals surface area contributed by atoms with Crippen molar-refractivity contribution >= 4 is 18.0 Å². The fourth-order valence-electron chi connectivity index (χ4n) is 1.42. The minimum Gasteiger partial charge on any atom is -0.380 e. The molecule has 1 aromatic rings. The van der Waals surface area contributed by atoms with Crippen LogP contribution in [-0.4, -0.2) is 24.7 Å². The molecule has 14 heavy (non-hydrogen) atoms. The molecule has 0 bridgehead atoms. The van der Waals surface area contributed by atoms with Crippen LogP contribution in [-0.2, 0) is 4.74 Å². The summed E-state index contributed by atoms with van der Waals surface area (Å²) in [7, 11) is 0. The Morgan fingerprint density at radius 2 is 2.14 bits per heavy atom. The van der Waals surface area contributed by atoms with Gasteiger partial charge in [-0.2, -0.15) is 0 Å². The molecule has 1 fully saturated rings. The Labute approximate surface area is 87.6 Å². The van der Waals surface area contributed by atoms with E-state index in [1.807, 2.05) is 36.0 Å². The summed E-state index contributed by atoms with van der Waals surface area (Å²) in [6, 6.07) is 7.69. The lowest BCUT2D eigenvalue weighted by Crippen LogP contribution is -1.99. The lowest BCUT2D eigenvalue weighted by molar-refractivity contribution is 0.112. The lowest BCUT2D eigenvalue weighted by atomic mass is 10.2. The summed E-state index contributed by atoms with van der Waals surface area (Å²) in [5.74, 6) is 0. The predicted octanol–water partition coefficient (Wildman–Crippen LogP) is 2.38. The van der Waals surface area contributed by atoms with Crippen molar-refractivity contribution in [2.75, 3.05) is 13.2 Å². The number of thioether (sulfide) groups is 1. The van der Waals surface area contributed by atoms with Gasteiger partial charge in [0.2, 0.25) is 0 Å². The standard InChI is InChI=1S/C11H12O2S/c12-7-9-1-3-10(4-2-9)14-11-5-6-13-8-11/h1-4,7,11H,5-6,8H2. The first-order chi connectivity index (χ1) is 6.88. The molecule has 1 saturated heterocycles. The molecule has 74 valence electrons. The largest absolute Gasteiger partial charge is 0.380 e. The van der Waals surface area contributed by atoms with Crippen LogP contribution in [0.15, 0.2) is 29.2 Å². The van der Waals surface area contributed by atoms with Crippen molar-refractivity contribution in [3.05, 3.63) is 29.8 Å². The lowest BCUT2D eigenvalue weighted by Gasteiger charge is -2.06. The van der Waals surface area contributed by atoms with Crippen molar-refractivity contribution in [1.29, 1.82) is 0 Å².